The van der Waals surface area contributed by atoms with E-state index in [-0.39, 0.29) is 6.61 Å². The van der Waals surface area contributed by atoms with E-state index >= 15 is 0 Å². The third kappa shape index (κ3) is 2.59. The van der Waals surface area contributed by atoms with E-state index in [0.29, 0.717) is 16.8 Å². The highest BCUT2D eigenvalue weighted by Crippen LogP contribution is 2.37. The fraction of sp³-hybridized carbons (Fsp3) is 0.667. The van der Waals surface area contributed by atoms with Crippen molar-refractivity contribution in [2.24, 2.45) is 5.92 Å². The van der Waals surface area contributed by atoms with Gasteiger partial charge in [-0.1, -0.05) is 24.4 Å². The topological polar surface area (TPSA) is 36.4 Å². The minimum atomic E-state index is -0.0887. The first-order valence-corrected chi connectivity index (χ1v) is 7.70. The Kier molecular flexibility index (Phi) is 3.94. The Balaban J connectivity index is 1.87. The van der Waals surface area contributed by atoms with Crippen molar-refractivity contribution in [1.82, 2.24) is 4.98 Å². The van der Waals surface area contributed by atoms with Gasteiger partial charge in [0.25, 0.3) is 0 Å². The van der Waals surface area contributed by atoms with Crippen molar-refractivity contribution in [3.05, 3.63) is 22.8 Å². The summed E-state index contributed by atoms with van der Waals surface area (Å²) in [5, 5.41) is 9.87. The molecule has 1 aliphatic carbocycles. The van der Waals surface area contributed by atoms with E-state index in [0.717, 1.165) is 18.3 Å². The van der Waals surface area contributed by atoms with Gasteiger partial charge in [-0.05, 0) is 43.7 Å². The molecular weight excluding hydrogens is 260 g/mol. The standard InChI is InChI=1S/C15H21ClN2O/c16-12-7-8-15(17-13(12)10-19)18-9-3-5-11-4-1-2-6-14(11)18/h7-8,11,14,19H,1-6,9-10H2. The summed E-state index contributed by atoms with van der Waals surface area (Å²) in [5.74, 6) is 1.82. The summed E-state index contributed by atoms with van der Waals surface area (Å²) in [7, 11) is 0. The summed E-state index contributed by atoms with van der Waals surface area (Å²) >= 11 is 6.03. The Morgan fingerprint density at radius 3 is 2.84 bits per heavy atom. The van der Waals surface area contributed by atoms with E-state index in [4.69, 9.17) is 11.6 Å². The first-order valence-electron chi connectivity index (χ1n) is 7.32. The quantitative estimate of drug-likeness (QED) is 0.902. The predicted octanol–water partition coefficient (Wildman–Crippen LogP) is 3.39. The largest absolute Gasteiger partial charge is 0.390 e. The molecule has 0 amide bonds. The number of piperidine rings is 1. The van der Waals surface area contributed by atoms with Crippen molar-refractivity contribution in [3.63, 3.8) is 0 Å². The smallest absolute Gasteiger partial charge is 0.129 e. The van der Waals surface area contributed by atoms with E-state index in [1.54, 1.807) is 0 Å². The molecule has 19 heavy (non-hydrogen) atoms. The summed E-state index contributed by atoms with van der Waals surface area (Å²) in [5.41, 5.74) is 0.595. The molecule has 2 fully saturated rings. The number of nitrogens with zero attached hydrogens (tertiary/aromatic N) is 2. The second kappa shape index (κ2) is 5.68. The zero-order valence-electron chi connectivity index (χ0n) is 11.2. The number of rotatable bonds is 2. The van der Waals surface area contributed by atoms with Crippen molar-refractivity contribution in [2.45, 2.75) is 51.2 Å². The maximum atomic E-state index is 9.31. The van der Waals surface area contributed by atoms with Crippen LogP contribution in [0, 0.1) is 5.92 Å². The van der Waals surface area contributed by atoms with Gasteiger partial charge in [0.15, 0.2) is 0 Å². The molecule has 1 saturated carbocycles. The van der Waals surface area contributed by atoms with Crippen LogP contribution in [-0.4, -0.2) is 22.7 Å². The van der Waals surface area contributed by atoms with E-state index in [1.807, 2.05) is 12.1 Å². The number of aromatic nitrogens is 1. The number of halogens is 1. The van der Waals surface area contributed by atoms with Gasteiger partial charge < -0.3 is 10.0 Å². The van der Waals surface area contributed by atoms with Gasteiger partial charge >= 0.3 is 0 Å². The number of pyridine rings is 1. The number of anilines is 1. The molecule has 1 aromatic rings. The second-order valence-corrected chi connectivity index (χ2v) is 6.11. The Labute approximate surface area is 119 Å². The summed E-state index contributed by atoms with van der Waals surface area (Å²) in [6.45, 7) is 0.995. The zero-order chi connectivity index (χ0) is 13.2. The van der Waals surface area contributed by atoms with Gasteiger partial charge in [0.1, 0.15) is 5.82 Å². The fourth-order valence-electron chi connectivity index (χ4n) is 3.65. The van der Waals surface area contributed by atoms with E-state index in [2.05, 4.69) is 9.88 Å². The van der Waals surface area contributed by atoms with Gasteiger partial charge in [-0.15, -0.1) is 0 Å². The van der Waals surface area contributed by atoms with E-state index < -0.39 is 0 Å². The summed E-state index contributed by atoms with van der Waals surface area (Å²) < 4.78 is 0. The van der Waals surface area contributed by atoms with Crippen molar-refractivity contribution in [1.29, 1.82) is 0 Å². The van der Waals surface area contributed by atoms with Crippen LogP contribution in [0.25, 0.3) is 0 Å². The van der Waals surface area contributed by atoms with Crippen LogP contribution < -0.4 is 4.90 Å². The molecule has 0 radical (unpaired) electrons. The lowest BCUT2D eigenvalue weighted by molar-refractivity contribution is 0.242. The average Bonchev–Trinajstić information content (AvgIpc) is 2.47. The maximum Gasteiger partial charge on any atom is 0.129 e. The molecule has 0 aromatic carbocycles. The van der Waals surface area contributed by atoms with Crippen LogP contribution >= 0.6 is 11.6 Å². The molecule has 0 spiro atoms. The van der Waals surface area contributed by atoms with Gasteiger partial charge in [0.05, 0.1) is 17.3 Å². The molecule has 1 saturated heterocycles. The highest BCUT2D eigenvalue weighted by atomic mass is 35.5. The number of aliphatic hydroxyl groups excluding tert-OH is 1. The summed E-state index contributed by atoms with van der Waals surface area (Å²) in [6, 6.07) is 4.50. The Hall–Kier alpha value is -0.800. The van der Waals surface area contributed by atoms with Crippen molar-refractivity contribution in [2.75, 3.05) is 11.4 Å². The highest BCUT2D eigenvalue weighted by molar-refractivity contribution is 6.31. The molecule has 0 bridgehead atoms. The van der Waals surface area contributed by atoms with Gasteiger partial charge in [-0.2, -0.15) is 0 Å². The predicted molar refractivity (Wildman–Crippen MR) is 77.5 cm³/mol. The van der Waals surface area contributed by atoms with Gasteiger partial charge in [0, 0.05) is 12.6 Å². The highest BCUT2D eigenvalue weighted by Gasteiger charge is 2.33. The van der Waals surface area contributed by atoms with Crippen LogP contribution in [0.5, 0.6) is 0 Å². The van der Waals surface area contributed by atoms with Crippen molar-refractivity contribution in [3.8, 4) is 0 Å². The molecule has 2 unspecified atom stereocenters. The molecule has 2 aliphatic rings. The molecule has 1 aliphatic heterocycles. The molecule has 2 heterocycles. The number of hydrogen-bond donors (Lipinski definition) is 1. The Bertz CT molecular complexity index is 450. The van der Waals surface area contributed by atoms with Crippen LogP contribution in [0.15, 0.2) is 12.1 Å². The molecule has 4 heteroatoms. The second-order valence-electron chi connectivity index (χ2n) is 5.70. The number of fused-ring (bicyclic) bond motifs is 1. The molecule has 1 N–H and O–H groups in total. The van der Waals surface area contributed by atoms with Gasteiger partial charge in [-0.3, -0.25) is 0 Å². The molecule has 2 atom stereocenters. The summed E-state index contributed by atoms with van der Waals surface area (Å²) in [4.78, 5) is 7.00. The number of hydrogen-bond acceptors (Lipinski definition) is 3. The first-order chi connectivity index (χ1) is 9.29. The minimum absolute atomic E-state index is 0.0887. The SMILES string of the molecule is OCc1nc(N2CCCC3CCCCC32)ccc1Cl. The van der Waals surface area contributed by atoms with Crippen LogP contribution in [-0.2, 0) is 6.61 Å². The van der Waals surface area contributed by atoms with Crippen molar-refractivity contribution < 1.29 is 5.11 Å². The average molecular weight is 281 g/mol. The van der Waals surface area contributed by atoms with Crippen LogP contribution in [0.2, 0.25) is 5.02 Å². The van der Waals surface area contributed by atoms with E-state index in [1.165, 1.54) is 38.5 Å². The van der Waals surface area contributed by atoms with Crippen LogP contribution in [0.3, 0.4) is 0 Å². The lowest BCUT2D eigenvalue weighted by Crippen LogP contribution is -2.47. The lowest BCUT2D eigenvalue weighted by Gasteiger charge is -2.44. The van der Waals surface area contributed by atoms with E-state index in [9.17, 15) is 5.11 Å². The first kappa shape index (κ1) is 13.2. The lowest BCUT2D eigenvalue weighted by atomic mass is 9.78. The molecule has 104 valence electrons. The van der Waals surface area contributed by atoms with Gasteiger partial charge in [0.2, 0.25) is 0 Å². The Morgan fingerprint density at radius 1 is 1.21 bits per heavy atom. The van der Waals surface area contributed by atoms with Crippen LogP contribution in [0.4, 0.5) is 5.82 Å². The van der Waals surface area contributed by atoms with Crippen molar-refractivity contribution >= 4 is 17.4 Å². The monoisotopic (exact) mass is 280 g/mol. The maximum absolute atomic E-state index is 9.31. The number of aliphatic hydroxyl groups is 1. The minimum Gasteiger partial charge on any atom is -0.390 e. The third-order valence-electron chi connectivity index (χ3n) is 4.59. The normalized spacial score (nSPS) is 27.2. The van der Waals surface area contributed by atoms with Gasteiger partial charge in [-0.25, -0.2) is 4.98 Å². The third-order valence-corrected chi connectivity index (χ3v) is 4.94. The molecular formula is C15H21ClN2O. The fourth-order valence-corrected chi connectivity index (χ4v) is 3.82. The molecule has 3 rings (SSSR count). The zero-order valence-corrected chi connectivity index (χ0v) is 11.9. The van der Waals surface area contributed by atoms with Crippen LogP contribution in [0.1, 0.15) is 44.2 Å². The Morgan fingerprint density at radius 2 is 2.00 bits per heavy atom. The summed E-state index contributed by atoms with van der Waals surface area (Å²) in [6.07, 6.45) is 7.97. The molecule has 3 nitrogen and oxygen atoms in total. The molecule has 1 aromatic heterocycles.